The zero-order valence-electron chi connectivity index (χ0n) is 10.7. The van der Waals surface area contributed by atoms with Crippen molar-refractivity contribution in [1.82, 2.24) is 14.8 Å². The van der Waals surface area contributed by atoms with Crippen molar-refractivity contribution in [3.8, 4) is 11.4 Å². The molecule has 2 rings (SSSR count). The van der Waals surface area contributed by atoms with Crippen molar-refractivity contribution < 1.29 is 0 Å². The van der Waals surface area contributed by atoms with Gasteiger partial charge in [0.2, 0.25) is 0 Å². The lowest BCUT2D eigenvalue weighted by atomic mass is 10.1. The molecule has 1 heterocycles. The highest BCUT2D eigenvalue weighted by Gasteiger charge is 2.10. The number of aromatic nitrogens is 3. The number of halogens is 1. The lowest BCUT2D eigenvalue weighted by Crippen LogP contribution is -2.06. The summed E-state index contributed by atoms with van der Waals surface area (Å²) in [7, 11) is 0. The van der Waals surface area contributed by atoms with Crippen molar-refractivity contribution in [3.05, 3.63) is 33.0 Å². The van der Waals surface area contributed by atoms with Crippen LogP contribution in [0.15, 0.2) is 22.7 Å². The minimum absolute atomic E-state index is 0.532. The molecule has 0 saturated carbocycles. The van der Waals surface area contributed by atoms with Gasteiger partial charge in [-0.2, -0.15) is 5.10 Å². The second kappa shape index (κ2) is 5.36. The van der Waals surface area contributed by atoms with Crippen LogP contribution in [0.2, 0.25) is 0 Å². The Morgan fingerprint density at radius 3 is 2.78 bits per heavy atom. The lowest BCUT2D eigenvalue weighted by Gasteiger charge is -2.10. The Hall–Kier alpha value is -0.940. The van der Waals surface area contributed by atoms with Gasteiger partial charge in [-0.25, -0.2) is 0 Å². The van der Waals surface area contributed by atoms with Crippen molar-refractivity contribution in [3.63, 3.8) is 0 Å². The first-order valence-corrected chi connectivity index (χ1v) is 7.11. The molecule has 18 heavy (non-hydrogen) atoms. The monoisotopic (exact) mass is 325 g/mol. The van der Waals surface area contributed by atoms with Crippen LogP contribution in [0, 0.1) is 17.6 Å². The number of H-pyrrole nitrogens is 1. The fraction of sp³-hybridized carbons (Fsp3) is 0.385. The molecular formula is C13H16BrN3S. The maximum absolute atomic E-state index is 5.29. The quantitative estimate of drug-likeness (QED) is 0.852. The Balaban J connectivity index is 2.50. The topological polar surface area (TPSA) is 33.6 Å². The Bertz CT molecular complexity index is 613. The molecule has 0 radical (unpaired) electrons. The number of aryl methyl sites for hydroxylation is 1. The molecular weight excluding hydrogens is 310 g/mol. The summed E-state index contributed by atoms with van der Waals surface area (Å²) in [6.45, 7) is 7.29. The average molecular weight is 326 g/mol. The SMILES string of the molecule is Cc1cc(-c2n[nH]c(=S)n2CC(C)C)ccc1Br. The van der Waals surface area contributed by atoms with Crippen LogP contribution in [0.4, 0.5) is 0 Å². The molecule has 0 aliphatic carbocycles. The second-order valence-electron chi connectivity index (χ2n) is 4.82. The van der Waals surface area contributed by atoms with Crippen LogP contribution >= 0.6 is 28.1 Å². The van der Waals surface area contributed by atoms with Crippen LogP contribution in [0.25, 0.3) is 11.4 Å². The predicted molar refractivity (Wildman–Crippen MR) is 80.1 cm³/mol. The molecule has 0 saturated heterocycles. The van der Waals surface area contributed by atoms with Gasteiger partial charge in [0, 0.05) is 16.6 Å². The first-order valence-electron chi connectivity index (χ1n) is 5.90. The summed E-state index contributed by atoms with van der Waals surface area (Å²) in [5.41, 5.74) is 2.28. The summed E-state index contributed by atoms with van der Waals surface area (Å²) in [5, 5.41) is 7.22. The molecule has 96 valence electrons. The molecule has 0 spiro atoms. The normalized spacial score (nSPS) is 11.2. The largest absolute Gasteiger partial charge is 0.300 e. The van der Waals surface area contributed by atoms with Crippen molar-refractivity contribution in [2.24, 2.45) is 5.92 Å². The highest BCUT2D eigenvalue weighted by molar-refractivity contribution is 9.10. The fourth-order valence-corrected chi connectivity index (χ4v) is 2.31. The highest BCUT2D eigenvalue weighted by atomic mass is 79.9. The van der Waals surface area contributed by atoms with Gasteiger partial charge in [-0.05, 0) is 42.8 Å². The third-order valence-electron chi connectivity index (χ3n) is 2.72. The van der Waals surface area contributed by atoms with Gasteiger partial charge in [0.15, 0.2) is 10.6 Å². The Morgan fingerprint density at radius 2 is 2.17 bits per heavy atom. The summed E-state index contributed by atoms with van der Waals surface area (Å²) in [4.78, 5) is 0. The maximum Gasteiger partial charge on any atom is 0.195 e. The van der Waals surface area contributed by atoms with Gasteiger partial charge in [-0.1, -0.05) is 35.8 Å². The maximum atomic E-state index is 5.29. The smallest absolute Gasteiger partial charge is 0.195 e. The molecule has 0 aliphatic rings. The average Bonchev–Trinajstić information content (AvgIpc) is 2.64. The van der Waals surface area contributed by atoms with Gasteiger partial charge in [-0.3, -0.25) is 9.67 Å². The number of rotatable bonds is 3. The lowest BCUT2D eigenvalue weighted by molar-refractivity contribution is 0.521. The van der Waals surface area contributed by atoms with Gasteiger partial charge in [0.1, 0.15) is 0 Å². The van der Waals surface area contributed by atoms with E-state index in [-0.39, 0.29) is 0 Å². The molecule has 0 amide bonds. The van der Waals surface area contributed by atoms with Gasteiger partial charge >= 0.3 is 0 Å². The van der Waals surface area contributed by atoms with Crippen LogP contribution in [-0.4, -0.2) is 14.8 Å². The predicted octanol–water partition coefficient (Wildman–Crippen LogP) is 4.33. The highest BCUT2D eigenvalue weighted by Crippen LogP contribution is 2.24. The number of nitrogens with zero attached hydrogens (tertiary/aromatic N) is 2. The molecule has 0 aliphatic heterocycles. The van der Waals surface area contributed by atoms with Gasteiger partial charge in [-0.15, -0.1) is 0 Å². The van der Waals surface area contributed by atoms with E-state index >= 15 is 0 Å². The van der Waals surface area contributed by atoms with E-state index in [1.807, 2.05) is 6.07 Å². The summed E-state index contributed by atoms with van der Waals surface area (Å²) >= 11 is 8.80. The molecule has 2 aromatic rings. The van der Waals surface area contributed by atoms with Crippen LogP contribution in [0.5, 0.6) is 0 Å². The molecule has 0 bridgehead atoms. The first-order chi connectivity index (χ1) is 8.49. The second-order valence-corrected chi connectivity index (χ2v) is 6.06. The van der Waals surface area contributed by atoms with E-state index in [2.05, 4.69) is 63.6 Å². The Morgan fingerprint density at radius 1 is 1.44 bits per heavy atom. The molecule has 0 fully saturated rings. The van der Waals surface area contributed by atoms with E-state index in [1.165, 1.54) is 5.56 Å². The molecule has 3 nitrogen and oxygen atoms in total. The fourth-order valence-electron chi connectivity index (χ4n) is 1.86. The van der Waals surface area contributed by atoms with Crippen LogP contribution in [-0.2, 0) is 6.54 Å². The van der Waals surface area contributed by atoms with Gasteiger partial charge < -0.3 is 0 Å². The third-order valence-corrected chi connectivity index (χ3v) is 3.92. The van der Waals surface area contributed by atoms with E-state index in [1.54, 1.807) is 0 Å². The van der Waals surface area contributed by atoms with Crippen LogP contribution < -0.4 is 0 Å². The zero-order valence-corrected chi connectivity index (χ0v) is 13.1. The van der Waals surface area contributed by atoms with Crippen molar-refractivity contribution in [2.45, 2.75) is 27.3 Å². The summed E-state index contributed by atoms with van der Waals surface area (Å²) in [6, 6.07) is 6.22. The Kier molecular flexibility index (Phi) is 4.02. The minimum atomic E-state index is 0.532. The van der Waals surface area contributed by atoms with E-state index in [0.29, 0.717) is 10.7 Å². The number of aromatic amines is 1. The van der Waals surface area contributed by atoms with Crippen molar-refractivity contribution in [2.75, 3.05) is 0 Å². The third kappa shape index (κ3) is 2.72. The number of hydrogen-bond acceptors (Lipinski definition) is 2. The molecule has 1 aromatic carbocycles. The summed E-state index contributed by atoms with van der Waals surface area (Å²) in [5.74, 6) is 1.44. The van der Waals surface area contributed by atoms with Crippen molar-refractivity contribution in [1.29, 1.82) is 0 Å². The minimum Gasteiger partial charge on any atom is -0.300 e. The summed E-state index contributed by atoms with van der Waals surface area (Å²) < 4.78 is 3.85. The van der Waals surface area contributed by atoms with E-state index < -0.39 is 0 Å². The van der Waals surface area contributed by atoms with Crippen molar-refractivity contribution >= 4 is 28.1 Å². The van der Waals surface area contributed by atoms with E-state index in [4.69, 9.17) is 12.2 Å². The van der Waals surface area contributed by atoms with Gasteiger partial charge in [0.05, 0.1) is 0 Å². The summed E-state index contributed by atoms with van der Waals surface area (Å²) in [6.07, 6.45) is 0. The Labute approximate surface area is 120 Å². The number of nitrogens with one attached hydrogen (secondary N) is 1. The van der Waals surface area contributed by atoms with Crippen LogP contribution in [0.3, 0.4) is 0 Å². The standard InChI is InChI=1S/C13H16BrN3S/c1-8(2)7-17-12(15-16-13(17)18)10-4-5-11(14)9(3)6-10/h4-6,8H,7H2,1-3H3,(H,16,18). The number of benzene rings is 1. The molecule has 1 N–H and O–H groups in total. The molecule has 5 heteroatoms. The first kappa shape index (κ1) is 13.5. The molecule has 1 aromatic heterocycles. The molecule has 0 unspecified atom stereocenters. The van der Waals surface area contributed by atoms with E-state index in [0.717, 1.165) is 22.4 Å². The van der Waals surface area contributed by atoms with E-state index in [9.17, 15) is 0 Å². The molecule has 0 atom stereocenters. The number of hydrogen-bond donors (Lipinski definition) is 1. The van der Waals surface area contributed by atoms with Gasteiger partial charge in [0.25, 0.3) is 0 Å². The van der Waals surface area contributed by atoms with Crippen LogP contribution in [0.1, 0.15) is 19.4 Å². The zero-order chi connectivity index (χ0) is 13.3.